The Morgan fingerprint density at radius 2 is 2.12 bits per heavy atom. The molecule has 0 spiro atoms. The number of rotatable bonds is 4. The largest absolute Gasteiger partial charge is 0.330 e. The van der Waals surface area contributed by atoms with Crippen LogP contribution >= 0.6 is 11.3 Å². The van der Waals surface area contributed by atoms with E-state index in [4.69, 9.17) is 5.73 Å². The highest BCUT2D eigenvalue weighted by atomic mass is 32.1. The van der Waals surface area contributed by atoms with Crippen LogP contribution in [-0.4, -0.2) is 6.54 Å². The van der Waals surface area contributed by atoms with Gasteiger partial charge < -0.3 is 5.73 Å². The summed E-state index contributed by atoms with van der Waals surface area (Å²) in [6.45, 7) is 0.543. The van der Waals surface area contributed by atoms with Gasteiger partial charge in [0.05, 0.1) is 0 Å². The first-order valence-corrected chi connectivity index (χ1v) is 6.15. The van der Waals surface area contributed by atoms with E-state index < -0.39 is 0 Å². The molecule has 0 radical (unpaired) electrons. The Morgan fingerprint density at radius 1 is 1.25 bits per heavy atom. The molecule has 2 N–H and O–H groups in total. The number of halogens is 1. The van der Waals surface area contributed by atoms with E-state index in [0.717, 1.165) is 12.0 Å². The van der Waals surface area contributed by atoms with Crippen LogP contribution in [0.25, 0.3) is 0 Å². The minimum atomic E-state index is -0.192. The fourth-order valence-corrected chi connectivity index (χ4v) is 2.56. The summed E-state index contributed by atoms with van der Waals surface area (Å²) in [6, 6.07) is 10.8. The number of hydrogen-bond donors (Lipinski definition) is 1. The Morgan fingerprint density at radius 3 is 2.75 bits per heavy atom. The molecule has 2 aromatic rings. The average molecular weight is 235 g/mol. The van der Waals surface area contributed by atoms with Gasteiger partial charge in [-0.15, -0.1) is 11.3 Å². The molecule has 0 saturated heterocycles. The van der Waals surface area contributed by atoms with Crippen molar-refractivity contribution in [2.45, 2.75) is 12.3 Å². The lowest BCUT2D eigenvalue weighted by atomic mass is 9.95. The van der Waals surface area contributed by atoms with Crippen LogP contribution < -0.4 is 5.73 Å². The van der Waals surface area contributed by atoms with Crippen molar-refractivity contribution in [1.29, 1.82) is 0 Å². The van der Waals surface area contributed by atoms with Crippen LogP contribution in [0.2, 0.25) is 0 Å². The van der Waals surface area contributed by atoms with Gasteiger partial charge in [0.15, 0.2) is 0 Å². The Hall–Kier alpha value is -1.19. The van der Waals surface area contributed by atoms with Crippen LogP contribution in [0.1, 0.15) is 16.4 Å². The second kappa shape index (κ2) is 5.23. The summed E-state index contributed by atoms with van der Waals surface area (Å²) < 4.78 is 13.1. The van der Waals surface area contributed by atoms with Crippen molar-refractivity contribution < 1.29 is 4.39 Å². The van der Waals surface area contributed by atoms with Gasteiger partial charge in [-0.1, -0.05) is 18.2 Å². The second-order valence-corrected chi connectivity index (χ2v) is 4.80. The molecule has 1 nitrogen and oxygen atoms in total. The zero-order valence-electron chi connectivity index (χ0n) is 8.90. The first-order valence-electron chi connectivity index (χ1n) is 5.27. The minimum absolute atomic E-state index is 0.192. The van der Waals surface area contributed by atoms with Crippen LogP contribution in [0.3, 0.4) is 0 Å². The van der Waals surface area contributed by atoms with Gasteiger partial charge in [0.25, 0.3) is 0 Å². The zero-order chi connectivity index (χ0) is 11.4. The summed E-state index contributed by atoms with van der Waals surface area (Å²) in [4.78, 5) is 1.29. The van der Waals surface area contributed by atoms with Crippen molar-refractivity contribution in [1.82, 2.24) is 0 Å². The average Bonchev–Trinajstić information content (AvgIpc) is 2.78. The zero-order valence-corrected chi connectivity index (χ0v) is 9.71. The van der Waals surface area contributed by atoms with Gasteiger partial charge in [0.2, 0.25) is 0 Å². The highest BCUT2D eigenvalue weighted by Gasteiger charge is 2.11. The standard InChI is InChI=1S/C13H14FNS/c14-12-4-1-3-10(7-12)11(9-15)8-13-5-2-6-16-13/h1-7,11H,8-9,15H2. The smallest absolute Gasteiger partial charge is 0.123 e. The highest BCUT2D eigenvalue weighted by molar-refractivity contribution is 7.09. The summed E-state index contributed by atoms with van der Waals surface area (Å²) in [5, 5.41) is 2.05. The third kappa shape index (κ3) is 2.68. The van der Waals surface area contributed by atoms with Crippen molar-refractivity contribution in [3.05, 3.63) is 58.0 Å². The Labute approximate surface area is 98.7 Å². The molecular formula is C13H14FNS. The lowest BCUT2D eigenvalue weighted by molar-refractivity contribution is 0.617. The summed E-state index contributed by atoms with van der Waals surface area (Å²) >= 11 is 1.72. The second-order valence-electron chi connectivity index (χ2n) is 3.77. The maximum Gasteiger partial charge on any atom is 0.123 e. The van der Waals surface area contributed by atoms with Gasteiger partial charge in [0.1, 0.15) is 5.82 Å². The Bertz CT molecular complexity index is 439. The molecule has 2 rings (SSSR count). The molecule has 0 amide bonds. The summed E-state index contributed by atoms with van der Waals surface area (Å²) in [5.41, 5.74) is 6.74. The lowest BCUT2D eigenvalue weighted by Gasteiger charge is -2.14. The molecule has 1 heterocycles. The van der Waals surface area contributed by atoms with E-state index in [9.17, 15) is 4.39 Å². The van der Waals surface area contributed by atoms with E-state index in [1.807, 2.05) is 12.1 Å². The SMILES string of the molecule is NCC(Cc1cccs1)c1cccc(F)c1. The van der Waals surface area contributed by atoms with E-state index in [0.29, 0.717) is 6.54 Å². The van der Waals surface area contributed by atoms with Crippen molar-refractivity contribution in [3.8, 4) is 0 Å². The Balaban J connectivity index is 2.16. The molecule has 1 aromatic heterocycles. The van der Waals surface area contributed by atoms with Crippen LogP contribution in [-0.2, 0) is 6.42 Å². The molecule has 0 aliphatic heterocycles. The number of hydrogen-bond acceptors (Lipinski definition) is 2. The summed E-state index contributed by atoms with van der Waals surface area (Å²) in [5.74, 6) is 0.0106. The monoisotopic (exact) mass is 235 g/mol. The van der Waals surface area contributed by atoms with Gasteiger partial charge in [0, 0.05) is 10.8 Å². The van der Waals surface area contributed by atoms with Crippen molar-refractivity contribution in [2.24, 2.45) is 5.73 Å². The third-order valence-corrected chi connectivity index (χ3v) is 3.53. The van der Waals surface area contributed by atoms with Crippen molar-refractivity contribution in [2.75, 3.05) is 6.54 Å². The maximum absolute atomic E-state index is 13.1. The molecular weight excluding hydrogens is 221 g/mol. The normalized spacial score (nSPS) is 12.6. The Kier molecular flexibility index (Phi) is 3.70. The summed E-state index contributed by atoms with van der Waals surface area (Å²) in [7, 11) is 0. The van der Waals surface area contributed by atoms with Crippen LogP contribution in [0.4, 0.5) is 4.39 Å². The molecule has 0 aliphatic carbocycles. The predicted molar refractivity (Wildman–Crippen MR) is 66.2 cm³/mol. The molecule has 0 bridgehead atoms. The molecule has 16 heavy (non-hydrogen) atoms. The van der Waals surface area contributed by atoms with E-state index in [2.05, 4.69) is 11.4 Å². The van der Waals surface area contributed by atoms with Gasteiger partial charge in [-0.05, 0) is 42.1 Å². The fourth-order valence-electron chi connectivity index (χ4n) is 1.77. The highest BCUT2D eigenvalue weighted by Crippen LogP contribution is 2.22. The molecule has 84 valence electrons. The van der Waals surface area contributed by atoms with Gasteiger partial charge in [-0.25, -0.2) is 4.39 Å². The van der Waals surface area contributed by atoms with Crippen LogP contribution in [0, 0.1) is 5.82 Å². The number of nitrogens with two attached hydrogens (primary N) is 1. The molecule has 1 aromatic carbocycles. The molecule has 1 unspecified atom stereocenters. The van der Waals surface area contributed by atoms with Gasteiger partial charge >= 0.3 is 0 Å². The fraction of sp³-hybridized carbons (Fsp3) is 0.231. The molecule has 3 heteroatoms. The van der Waals surface area contributed by atoms with E-state index in [1.54, 1.807) is 23.5 Å². The molecule has 1 atom stereocenters. The van der Waals surface area contributed by atoms with Crippen molar-refractivity contribution in [3.63, 3.8) is 0 Å². The van der Waals surface area contributed by atoms with E-state index >= 15 is 0 Å². The quantitative estimate of drug-likeness (QED) is 0.865. The maximum atomic E-state index is 13.1. The number of thiophene rings is 1. The first kappa shape index (κ1) is 11.3. The van der Waals surface area contributed by atoms with Crippen LogP contribution in [0.5, 0.6) is 0 Å². The van der Waals surface area contributed by atoms with Gasteiger partial charge in [-0.2, -0.15) is 0 Å². The first-order chi connectivity index (χ1) is 7.79. The lowest BCUT2D eigenvalue weighted by Crippen LogP contribution is -2.14. The molecule has 0 saturated carbocycles. The van der Waals surface area contributed by atoms with E-state index in [-0.39, 0.29) is 11.7 Å². The molecule has 0 aliphatic rings. The summed E-state index contributed by atoms with van der Waals surface area (Å²) in [6.07, 6.45) is 0.887. The van der Waals surface area contributed by atoms with Crippen LogP contribution in [0.15, 0.2) is 41.8 Å². The predicted octanol–water partition coefficient (Wildman–Crippen LogP) is 3.17. The van der Waals surface area contributed by atoms with Crippen molar-refractivity contribution >= 4 is 11.3 Å². The van der Waals surface area contributed by atoms with E-state index in [1.165, 1.54) is 10.9 Å². The minimum Gasteiger partial charge on any atom is -0.330 e. The third-order valence-electron chi connectivity index (χ3n) is 2.63. The topological polar surface area (TPSA) is 26.0 Å². The number of benzene rings is 1. The van der Waals surface area contributed by atoms with Gasteiger partial charge in [-0.3, -0.25) is 0 Å². The molecule has 0 fully saturated rings.